The van der Waals surface area contributed by atoms with E-state index < -0.39 is 23.8 Å². The summed E-state index contributed by atoms with van der Waals surface area (Å²) in [7, 11) is 0. The summed E-state index contributed by atoms with van der Waals surface area (Å²) >= 11 is 0. The first-order chi connectivity index (χ1) is 12.4. The van der Waals surface area contributed by atoms with Gasteiger partial charge in [-0.15, -0.1) is 0 Å². The van der Waals surface area contributed by atoms with Gasteiger partial charge in [0.25, 0.3) is 0 Å². The highest BCUT2D eigenvalue weighted by molar-refractivity contribution is 5.56. The maximum Gasteiger partial charge on any atom is 0.505 e. The van der Waals surface area contributed by atoms with Crippen LogP contribution in [0.1, 0.15) is 59.3 Å². The Balaban J connectivity index is 1.55. The fraction of sp³-hybridized carbons (Fsp3) is 0.947. The Kier molecular flexibility index (Phi) is 4.70. The van der Waals surface area contributed by atoms with Gasteiger partial charge in [-0.1, -0.05) is 13.8 Å². The van der Waals surface area contributed by atoms with Crippen molar-refractivity contribution in [2.75, 3.05) is 6.61 Å². The van der Waals surface area contributed by atoms with E-state index in [0.29, 0.717) is 30.1 Å². The first-order valence-electron chi connectivity index (χ1n) is 9.91. The standard InChI is InChI=1S/C19H30O7/c1-11-6-7-14-12(2)15(5-4-10-22-17(20)21)23-16-19(14)13(11)8-9-18(3,24-16)25-26-19/h11-16H,4-10H2,1-3H3,(H,20,21)/t11-,12?,13-,14+,15?,16-,18+,19+/m0/s1. The molecule has 5 fully saturated rings. The Hall–Kier alpha value is -0.890. The molecule has 2 unspecified atom stereocenters. The Morgan fingerprint density at radius 3 is 2.77 bits per heavy atom. The third kappa shape index (κ3) is 2.84. The summed E-state index contributed by atoms with van der Waals surface area (Å²) < 4.78 is 17.4. The van der Waals surface area contributed by atoms with Crippen molar-refractivity contribution in [3.8, 4) is 0 Å². The average molecular weight is 370 g/mol. The molecule has 4 saturated heterocycles. The monoisotopic (exact) mass is 370 g/mol. The highest BCUT2D eigenvalue weighted by atomic mass is 17.3. The molecule has 148 valence electrons. The van der Waals surface area contributed by atoms with Crippen molar-refractivity contribution in [1.82, 2.24) is 0 Å². The number of hydrogen-bond acceptors (Lipinski definition) is 6. The summed E-state index contributed by atoms with van der Waals surface area (Å²) in [5.74, 6) is 0.776. The molecule has 1 aliphatic carbocycles. The van der Waals surface area contributed by atoms with Gasteiger partial charge >= 0.3 is 6.16 Å². The van der Waals surface area contributed by atoms with Gasteiger partial charge in [0.1, 0.15) is 0 Å². The third-order valence-corrected chi connectivity index (χ3v) is 7.15. The zero-order chi connectivity index (χ0) is 18.5. The molecule has 8 atom stereocenters. The lowest BCUT2D eigenvalue weighted by atomic mass is 9.57. The summed E-state index contributed by atoms with van der Waals surface area (Å²) in [5, 5.41) is 8.62. The van der Waals surface area contributed by atoms with Crippen LogP contribution in [0.4, 0.5) is 4.79 Å². The lowest BCUT2D eigenvalue weighted by Crippen LogP contribution is -2.70. The second-order valence-electron chi connectivity index (χ2n) is 8.70. The van der Waals surface area contributed by atoms with Crippen LogP contribution in [-0.4, -0.2) is 41.7 Å². The van der Waals surface area contributed by atoms with Crippen molar-refractivity contribution >= 4 is 6.16 Å². The van der Waals surface area contributed by atoms with E-state index in [2.05, 4.69) is 18.6 Å². The number of carbonyl (C=O) groups is 1. The van der Waals surface area contributed by atoms with Gasteiger partial charge in [-0.3, -0.25) is 0 Å². The molecule has 5 aliphatic rings. The van der Waals surface area contributed by atoms with Gasteiger partial charge in [-0.2, -0.15) is 0 Å². The van der Waals surface area contributed by atoms with Crippen LogP contribution in [0.25, 0.3) is 0 Å². The summed E-state index contributed by atoms with van der Waals surface area (Å²) in [5.41, 5.74) is -0.527. The molecule has 1 spiro atoms. The number of hydrogen-bond donors (Lipinski definition) is 1. The smallest absolute Gasteiger partial charge is 0.450 e. The van der Waals surface area contributed by atoms with Crippen molar-refractivity contribution in [3.63, 3.8) is 0 Å². The predicted molar refractivity (Wildman–Crippen MR) is 90.0 cm³/mol. The van der Waals surface area contributed by atoms with Crippen molar-refractivity contribution in [3.05, 3.63) is 0 Å². The molecule has 0 aromatic carbocycles. The maximum absolute atomic E-state index is 10.5. The predicted octanol–water partition coefficient (Wildman–Crippen LogP) is 3.71. The minimum atomic E-state index is -1.23. The fourth-order valence-corrected chi connectivity index (χ4v) is 5.75. The van der Waals surface area contributed by atoms with E-state index in [4.69, 9.17) is 24.4 Å². The zero-order valence-electron chi connectivity index (χ0n) is 15.8. The fourth-order valence-electron chi connectivity index (χ4n) is 5.75. The minimum Gasteiger partial charge on any atom is -0.450 e. The van der Waals surface area contributed by atoms with Crippen molar-refractivity contribution in [2.45, 2.75) is 83.1 Å². The quantitative estimate of drug-likeness (QED) is 0.459. The van der Waals surface area contributed by atoms with Crippen molar-refractivity contribution < 1.29 is 33.9 Å². The largest absolute Gasteiger partial charge is 0.505 e. The lowest BCUT2D eigenvalue weighted by Gasteiger charge is -2.60. The Morgan fingerprint density at radius 1 is 1.19 bits per heavy atom. The SMILES string of the molecule is CC1C(CCCOC(=O)O)O[C@H]2O[C@@]3(C)CC[C@H]4[C@@H](C)CC[C@H]1[C@@]24OO3. The molecular weight excluding hydrogens is 340 g/mol. The molecule has 2 bridgehead atoms. The normalized spacial score (nSPS) is 50.0. The van der Waals surface area contributed by atoms with E-state index in [1.165, 1.54) is 6.42 Å². The third-order valence-electron chi connectivity index (χ3n) is 7.15. The van der Waals surface area contributed by atoms with Crippen LogP contribution in [0.3, 0.4) is 0 Å². The zero-order valence-corrected chi connectivity index (χ0v) is 15.8. The maximum atomic E-state index is 10.5. The van der Waals surface area contributed by atoms with E-state index >= 15 is 0 Å². The number of rotatable bonds is 4. The molecule has 4 aliphatic heterocycles. The molecule has 4 heterocycles. The number of carboxylic acid groups (broad SMARTS) is 1. The molecule has 0 amide bonds. The van der Waals surface area contributed by atoms with Crippen LogP contribution >= 0.6 is 0 Å². The van der Waals surface area contributed by atoms with Gasteiger partial charge in [-0.25, -0.2) is 14.6 Å². The van der Waals surface area contributed by atoms with Gasteiger partial charge in [0.05, 0.1) is 12.7 Å². The Bertz CT molecular complexity index is 554. The Labute approximate surface area is 154 Å². The van der Waals surface area contributed by atoms with Gasteiger partial charge in [0.2, 0.25) is 5.79 Å². The van der Waals surface area contributed by atoms with E-state index in [1.807, 2.05) is 6.92 Å². The summed E-state index contributed by atoms with van der Waals surface area (Å²) in [6.45, 7) is 6.64. The average Bonchev–Trinajstić information content (AvgIpc) is 2.82. The van der Waals surface area contributed by atoms with Crippen LogP contribution in [0.2, 0.25) is 0 Å². The van der Waals surface area contributed by atoms with E-state index in [1.54, 1.807) is 0 Å². The van der Waals surface area contributed by atoms with Gasteiger partial charge < -0.3 is 19.3 Å². The minimum absolute atomic E-state index is 0.00799. The molecule has 0 aromatic rings. The van der Waals surface area contributed by atoms with Crippen LogP contribution in [0.15, 0.2) is 0 Å². The van der Waals surface area contributed by atoms with Crippen LogP contribution in [-0.2, 0) is 24.0 Å². The summed E-state index contributed by atoms with van der Waals surface area (Å²) in [4.78, 5) is 22.4. The number of fused-ring (bicyclic) bond motifs is 2. The first-order valence-corrected chi connectivity index (χ1v) is 9.91. The van der Waals surface area contributed by atoms with Gasteiger partial charge in [0, 0.05) is 12.3 Å². The van der Waals surface area contributed by atoms with Crippen LogP contribution in [0, 0.1) is 23.7 Å². The highest BCUT2D eigenvalue weighted by Gasteiger charge is 2.69. The molecule has 1 saturated carbocycles. The molecule has 7 nitrogen and oxygen atoms in total. The van der Waals surface area contributed by atoms with E-state index in [9.17, 15) is 4.79 Å². The molecule has 7 heteroatoms. The topological polar surface area (TPSA) is 83.5 Å². The second-order valence-corrected chi connectivity index (χ2v) is 8.70. The van der Waals surface area contributed by atoms with Crippen LogP contribution in [0.5, 0.6) is 0 Å². The summed E-state index contributed by atoms with van der Waals surface area (Å²) in [6.07, 6.45) is 3.83. The van der Waals surface area contributed by atoms with E-state index in [-0.39, 0.29) is 12.7 Å². The van der Waals surface area contributed by atoms with Crippen molar-refractivity contribution in [1.29, 1.82) is 0 Å². The lowest BCUT2D eigenvalue weighted by molar-refractivity contribution is -0.571. The summed E-state index contributed by atoms with van der Waals surface area (Å²) in [6, 6.07) is 0. The molecular formula is C19H30O7. The highest BCUT2D eigenvalue weighted by Crippen LogP contribution is 2.60. The molecule has 1 N–H and O–H groups in total. The number of ether oxygens (including phenoxy) is 3. The molecule has 26 heavy (non-hydrogen) atoms. The van der Waals surface area contributed by atoms with Crippen molar-refractivity contribution in [2.24, 2.45) is 23.7 Å². The van der Waals surface area contributed by atoms with Gasteiger partial charge in [-0.05, 0) is 56.8 Å². The van der Waals surface area contributed by atoms with Crippen LogP contribution < -0.4 is 0 Å². The molecule has 5 rings (SSSR count). The van der Waals surface area contributed by atoms with Gasteiger partial charge in [0.15, 0.2) is 11.9 Å². The molecule has 0 aromatic heterocycles. The first kappa shape index (κ1) is 18.5. The van der Waals surface area contributed by atoms with E-state index in [0.717, 1.165) is 25.7 Å². The second kappa shape index (κ2) is 6.62. The Morgan fingerprint density at radius 2 is 2.00 bits per heavy atom. The molecule has 0 radical (unpaired) electrons.